The molecule has 1 heterocycles. The van der Waals surface area contributed by atoms with Gasteiger partial charge < -0.3 is 21.3 Å². The minimum Gasteiger partial charge on any atom is -0.368 e. The number of anilines is 1. The number of aromatic nitrogens is 1. The highest BCUT2D eigenvalue weighted by atomic mass is 127. The van der Waals surface area contributed by atoms with Crippen LogP contribution < -0.4 is 21.3 Å². The van der Waals surface area contributed by atoms with Gasteiger partial charge in [0.25, 0.3) is 5.91 Å². The van der Waals surface area contributed by atoms with E-state index in [1.54, 1.807) is 14.1 Å². The van der Waals surface area contributed by atoms with Crippen LogP contribution in [0, 0.1) is 0 Å². The van der Waals surface area contributed by atoms with Gasteiger partial charge in [0.05, 0.1) is 5.52 Å². The number of para-hydroxylation sites is 1. The van der Waals surface area contributed by atoms with Crippen LogP contribution in [0.5, 0.6) is 0 Å². The summed E-state index contributed by atoms with van der Waals surface area (Å²) in [5.41, 5.74) is 2.75. The van der Waals surface area contributed by atoms with Crippen LogP contribution >= 0.6 is 24.0 Å². The topological polar surface area (TPSA) is 90.4 Å². The van der Waals surface area contributed by atoms with E-state index in [2.05, 4.69) is 43.4 Å². The zero-order valence-electron chi connectivity index (χ0n) is 17.8. The smallest absolute Gasteiger partial charge is 0.251 e. The Morgan fingerprint density at radius 2 is 1.77 bits per heavy atom. The molecule has 0 saturated heterocycles. The number of aliphatic imine (C=N–C) groups is 1. The van der Waals surface area contributed by atoms with Crippen LogP contribution in [0.2, 0.25) is 0 Å². The highest BCUT2D eigenvalue weighted by molar-refractivity contribution is 14.0. The average Bonchev–Trinajstić information content (AvgIpc) is 2.80. The molecule has 0 aliphatic rings. The fourth-order valence-corrected chi connectivity index (χ4v) is 3.09. The Morgan fingerprint density at radius 3 is 2.58 bits per heavy atom. The van der Waals surface area contributed by atoms with E-state index in [0.29, 0.717) is 12.1 Å². The van der Waals surface area contributed by atoms with Crippen molar-refractivity contribution >= 4 is 52.6 Å². The minimum atomic E-state index is -0.0734. The Balaban J connectivity index is 0.00000341. The molecular weight excluding hydrogens is 503 g/mol. The van der Waals surface area contributed by atoms with E-state index in [0.717, 1.165) is 47.8 Å². The van der Waals surface area contributed by atoms with E-state index < -0.39 is 0 Å². The summed E-state index contributed by atoms with van der Waals surface area (Å²) in [4.78, 5) is 20.6. The van der Waals surface area contributed by atoms with Crippen molar-refractivity contribution in [3.05, 3.63) is 71.8 Å². The highest BCUT2D eigenvalue weighted by Gasteiger charge is 2.04. The molecule has 0 radical (unpaired) electrons. The molecule has 1 aromatic heterocycles. The van der Waals surface area contributed by atoms with Gasteiger partial charge in [-0.1, -0.05) is 30.3 Å². The van der Waals surface area contributed by atoms with E-state index in [4.69, 9.17) is 0 Å². The third kappa shape index (κ3) is 7.39. The highest BCUT2D eigenvalue weighted by Crippen LogP contribution is 2.14. The maximum atomic E-state index is 11.7. The van der Waals surface area contributed by atoms with Gasteiger partial charge in [-0.05, 0) is 42.3 Å². The van der Waals surface area contributed by atoms with Gasteiger partial charge in [-0.15, -0.1) is 24.0 Å². The van der Waals surface area contributed by atoms with Gasteiger partial charge in [0.15, 0.2) is 5.96 Å². The van der Waals surface area contributed by atoms with Crippen molar-refractivity contribution in [2.75, 3.05) is 39.0 Å². The number of guanidine groups is 1. The van der Waals surface area contributed by atoms with Crippen LogP contribution in [-0.4, -0.2) is 50.6 Å². The van der Waals surface area contributed by atoms with E-state index in [-0.39, 0.29) is 29.9 Å². The Hall–Kier alpha value is -2.88. The van der Waals surface area contributed by atoms with Crippen LogP contribution in [0.4, 0.5) is 5.82 Å². The Morgan fingerprint density at radius 1 is 0.968 bits per heavy atom. The van der Waals surface area contributed by atoms with E-state index >= 15 is 0 Å². The molecule has 0 atom stereocenters. The Labute approximate surface area is 200 Å². The number of fused-ring (bicyclic) bond motifs is 1. The Bertz CT molecular complexity index is 1020. The average molecular weight is 532 g/mol. The minimum absolute atomic E-state index is 0. The van der Waals surface area contributed by atoms with Crippen molar-refractivity contribution in [3.63, 3.8) is 0 Å². The number of nitrogens with one attached hydrogen (secondary N) is 4. The first-order valence-corrected chi connectivity index (χ1v) is 10.0. The number of rotatable bonds is 8. The summed E-state index contributed by atoms with van der Waals surface area (Å²) < 4.78 is 0. The molecule has 4 N–H and O–H groups in total. The molecule has 7 nitrogen and oxygen atoms in total. The number of carbonyl (C=O) groups excluding carboxylic acids is 1. The summed E-state index contributed by atoms with van der Waals surface area (Å²) in [6, 6.07) is 19.8. The number of hydrogen-bond acceptors (Lipinski definition) is 4. The van der Waals surface area contributed by atoms with Crippen molar-refractivity contribution in [2.24, 2.45) is 4.99 Å². The maximum absolute atomic E-state index is 11.7. The van der Waals surface area contributed by atoms with Gasteiger partial charge in [0.2, 0.25) is 0 Å². The van der Waals surface area contributed by atoms with Crippen LogP contribution in [0.3, 0.4) is 0 Å². The molecule has 0 saturated carbocycles. The summed E-state index contributed by atoms with van der Waals surface area (Å²) >= 11 is 0. The second-order valence-corrected chi connectivity index (χ2v) is 6.77. The van der Waals surface area contributed by atoms with Crippen molar-refractivity contribution in [2.45, 2.75) is 6.42 Å². The number of pyridine rings is 1. The van der Waals surface area contributed by atoms with Crippen LogP contribution in [0.1, 0.15) is 15.9 Å². The molecule has 0 aliphatic heterocycles. The lowest BCUT2D eigenvalue weighted by molar-refractivity contribution is 0.0963. The predicted octanol–water partition coefficient (Wildman–Crippen LogP) is 3.03. The van der Waals surface area contributed by atoms with Gasteiger partial charge in [0.1, 0.15) is 5.82 Å². The fraction of sp³-hybridized carbons (Fsp3) is 0.261. The molecule has 8 heteroatoms. The van der Waals surface area contributed by atoms with E-state index in [1.165, 1.54) is 0 Å². The van der Waals surface area contributed by atoms with Gasteiger partial charge in [0, 0.05) is 44.7 Å². The SMILES string of the molecule is CN=C(NCCNc1ccc2ccccc2n1)NCCc1cccc(C(=O)NC)c1.I. The number of hydrogen-bond donors (Lipinski definition) is 4. The standard InChI is InChI=1S/C23H28N6O.HI/c1-24-22(30)19-8-5-6-17(16-19)12-13-27-23(25-2)28-15-14-26-21-11-10-18-7-3-4-9-20(18)29-21;/h3-11,16H,12-15H2,1-2H3,(H,24,30)(H,26,29)(H2,25,27,28);1H. The molecule has 3 rings (SSSR count). The zero-order chi connectivity index (χ0) is 21.2. The van der Waals surface area contributed by atoms with Crippen molar-refractivity contribution in [3.8, 4) is 0 Å². The lowest BCUT2D eigenvalue weighted by Crippen LogP contribution is -2.40. The van der Waals surface area contributed by atoms with Crippen LogP contribution in [0.15, 0.2) is 65.7 Å². The molecule has 31 heavy (non-hydrogen) atoms. The summed E-state index contributed by atoms with van der Waals surface area (Å²) in [6.07, 6.45) is 0.796. The molecule has 0 spiro atoms. The summed E-state index contributed by atoms with van der Waals surface area (Å²) in [7, 11) is 3.39. The molecule has 0 bridgehead atoms. The normalized spacial score (nSPS) is 10.8. The molecular formula is C23H29IN6O. The number of nitrogens with zero attached hydrogens (tertiary/aromatic N) is 2. The predicted molar refractivity (Wildman–Crippen MR) is 139 cm³/mol. The summed E-state index contributed by atoms with van der Waals surface area (Å²) in [5.74, 6) is 1.52. The first-order chi connectivity index (χ1) is 14.7. The van der Waals surface area contributed by atoms with Gasteiger partial charge in [-0.2, -0.15) is 0 Å². The van der Waals surface area contributed by atoms with Crippen LogP contribution in [0.25, 0.3) is 10.9 Å². The molecule has 164 valence electrons. The fourth-order valence-electron chi connectivity index (χ4n) is 3.09. The lowest BCUT2D eigenvalue weighted by Gasteiger charge is -2.13. The summed E-state index contributed by atoms with van der Waals surface area (Å²) in [5, 5.41) is 13.7. The second-order valence-electron chi connectivity index (χ2n) is 6.77. The van der Waals surface area contributed by atoms with E-state index in [9.17, 15) is 4.79 Å². The van der Waals surface area contributed by atoms with Gasteiger partial charge in [-0.3, -0.25) is 9.79 Å². The quantitative estimate of drug-likeness (QED) is 0.155. The number of amides is 1. The monoisotopic (exact) mass is 532 g/mol. The molecule has 3 aromatic rings. The zero-order valence-corrected chi connectivity index (χ0v) is 20.1. The van der Waals surface area contributed by atoms with Gasteiger partial charge >= 0.3 is 0 Å². The number of halogens is 1. The molecule has 0 unspecified atom stereocenters. The van der Waals surface area contributed by atoms with Crippen molar-refractivity contribution in [1.29, 1.82) is 0 Å². The number of carbonyl (C=O) groups is 1. The first-order valence-electron chi connectivity index (χ1n) is 10.0. The van der Waals surface area contributed by atoms with E-state index in [1.807, 2.05) is 48.5 Å². The van der Waals surface area contributed by atoms with Crippen molar-refractivity contribution in [1.82, 2.24) is 20.9 Å². The third-order valence-corrected chi connectivity index (χ3v) is 4.67. The number of benzene rings is 2. The van der Waals surface area contributed by atoms with Crippen molar-refractivity contribution < 1.29 is 4.79 Å². The summed E-state index contributed by atoms with van der Waals surface area (Å²) in [6.45, 7) is 2.15. The second kappa shape index (κ2) is 12.7. The molecule has 1 amide bonds. The van der Waals surface area contributed by atoms with Gasteiger partial charge in [-0.25, -0.2) is 4.98 Å². The molecule has 0 aliphatic carbocycles. The first kappa shape index (κ1) is 24.4. The van der Waals surface area contributed by atoms with Crippen LogP contribution in [-0.2, 0) is 6.42 Å². The Kier molecular flexibility index (Phi) is 10.0. The molecule has 0 fully saturated rings. The maximum Gasteiger partial charge on any atom is 0.251 e. The lowest BCUT2D eigenvalue weighted by atomic mass is 10.1. The largest absolute Gasteiger partial charge is 0.368 e. The third-order valence-electron chi connectivity index (χ3n) is 4.67. The molecule has 2 aromatic carbocycles.